The van der Waals surface area contributed by atoms with Gasteiger partial charge in [-0.3, -0.25) is 9.36 Å². The lowest BCUT2D eigenvalue weighted by Crippen LogP contribution is -2.49. The van der Waals surface area contributed by atoms with Gasteiger partial charge in [0.1, 0.15) is 11.6 Å². The minimum atomic E-state index is 0.386. The van der Waals surface area contributed by atoms with Crippen LogP contribution in [0.15, 0.2) is 54.9 Å². The zero-order chi connectivity index (χ0) is 36.0. The Morgan fingerprint density at radius 1 is 0.981 bits per heavy atom. The van der Waals surface area contributed by atoms with Crippen molar-refractivity contribution >= 4 is 40.0 Å². The average Bonchev–Trinajstić information content (AvgIpc) is 3.90. The largest absolute Gasteiger partial charge is 0.493 e. The molecule has 4 aromatic heterocycles. The number of aromatic nitrogens is 6. The molecule has 0 spiro atoms. The first-order chi connectivity index (χ1) is 25.4. The van der Waals surface area contributed by atoms with Crippen molar-refractivity contribution in [3.05, 3.63) is 66.2 Å². The SMILES string of the molecule is CCn1nc(Nc2nccc3c2ccn3N(C)[C@H]2C[C@H](COc3cc(Nc4nc(C)cc(NC)n4)ccc3OC)C2)cc1COCCN1CCCC1. The van der Waals surface area contributed by atoms with Crippen molar-refractivity contribution in [2.24, 2.45) is 5.92 Å². The summed E-state index contributed by atoms with van der Waals surface area (Å²) >= 11 is 0. The Bertz CT molecular complexity index is 1950. The molecule has 276 valence electrons. The highest BCUT2D eigenvalue weighted by Gasteiger charge is 2.33. The number of nitrogens with one attached hydrogen (secondary N) is 3. The number of fused-ring (bicyclic) bond motifs is 1. The molecule has 1 saturated carbocycles. The van der Waals surface area contributed by atoms with Gasteiger partial charge >= 0.3 is 0 Å². The number of benzene rings is 1. The van der Waals surface area contributed by atoms with Crippen molar-refractivity contribution < 1.29 is 14.2 Å². The second-order valence-electron chi connectivity index (χ2n) is 13.7. The van der Waals surface area contributed by atoms with E-state index in [1.165, 1.54) is 25.9 Å². The molecule has 1 saturated heterocycles. The Kier molecular flexibility index (Phi) is 10.9. The molecule has 2 fully saturated rings. The number of pyridine rings is 1. The van der Waals surface area contributed by atoms with Crippen LogP contribution in [0.1, 0.15) is 44.0 Å². The van der Waals surface area contributed by atoms with Crippen molar-refractivity contribution in [3.63, 3.8) is 0 Å². The molecule has 7 rings (SSSR count). The smallest absolute Gasteiger partial charge is 0.229 e. The molecule has 3 N–H and O–H groups in total. The molecule has 0 unspecified atom stereocenters. The monoisotopic (exact) mass is 709 g/mol. The van der Waals surface area contributed by atoms with Crippen LogP contribution in [0.25, 0.3) is 10.9 Å². The number of aryl methyl sites for hydroxylation is 2. The van der Waals surface area contributed by atoms with Crippen molar-refractivity contribution in [2.45, 2.75) is 58.7 Å². The summed E-state index contributed by atoms with van der Waals surface area (Å²) in [5.74, 6) is 4.64. The molecule has 5 aromatic rings. The number of anilines is 5. The highest BCUT2D eigenvalue weighted by atomic mass is 16.5. The Balaban J connectivity index is 0.939. The fourth-order valence-corrected chi connectivity index (χ4v) is 7.11. The average molecular weight is 710 g/mol. The van der Waals surface area contributed by atoms with Gasteiger partial charge in [0.25, 0.3) is 0 Å². The fourth-order valence-electron chi connectivity index (χ4n) is 7.11. The minimum Gasteiger partial charge on any atom is -0.493 e. The quantitative estimate of drug-likeness (QED) is 0.0990. The highest BCUT2D eigenvalue weighted by molar-refractivity contribution is 5.91. The van der Waals surface area contributed by atoms with Gasteiger partial charge in [-0.25, -0.2) is 9.97 Å². The topological polar surface area (TPSA) is 132 Å². The van der Waals surface area contributed by atoms with Crippen LogP contribution in [0, 0.1) is 12.8 Å². The first-order valence-corrected chi connectivity index (χ1v) is 18.3. The van der Waals surface area contributed by atoms with Crippen molar-refractivity contribution in [3.8, 4) is 11.5 Å². The molecule has 5 heterocycles. The molecule has 0 radical (unpaired) electrons. The van der Waals surface area contributed by atoms with Crippen LogP contribution in [0.2, 0.25) is 0 Å². The standard InChI is InChI=1S/C38H51N11O3/c1-6-48-30(25-51-18-17-47-14-7-8-15-47)23-36(45-48)43-37-31-12-16-49(32(31)11-13-40-37)46(4)29-20-27(21-29)24-52-34-22-28(9-10-33(34)50-5)42-38-41-26(2)19-35(39-3)44-38/h9-13,16,19,22-23,27,29H,6-8,14-15,17-18,20-21,24-25H2,1-5H3,(H,40,43,45)(H2,39,41,42,44)/t27-,29-. The molecule has 1 aliphatic carbocycles. The number of methoxy groups -OCH3 is 1. The maximum atomic E-state index is 6.33. The number of likely N-dealkylation sites (tertiary alicyclic amines) is 1. The lowest BCUT2D eigenvalue weighted by atomic mass is 9.80. The van der Waals surface area contributed by atoms with E-state index in [4.69, 9.17) is 19.3 Å². The van der Waals surface area contributed by atoms with E-state index in [1.54, 1.807) is 7.11 Å². The normalized spacial score (nSPS) is 17.2. The maximum absolute atomic E-state index is 6.33. The maximum Gasteiger partial charge on any atom is 0.229 e. The molecule has 52 heavy (non-hydrogen) atoms. The van der Waals surface area contributed by atoms with Crippen LogP contribution in [-0.4, -0.2) is 94.4 Å². The predicted molar refractivity (Wildman–Crippen MR) is 205 cm³/mol. The molecular weight excluding hydrogens is 658 g/mol. The number of ether oxygens (including phenoxy) is 3. The van der Waals surface area contributed by atoms with Crippen LogP contribution >= 0.6 is 0 Å². The van der Waals surface area contributed by atoms with E-state index in [9.17, 15) is 0 Å². The third-order valence-corrected chi connectivity index (χ3v) is 10.1. The Morgan fingerprint density at radius 3 is 2.62 bits per heavy atom. The third kappa shape index (κ3) is 8.02. The number of hydrogen-bond donors (Lipinski definition) is 3. The van der Waals surface area contributed by atoms with Gasteiger partial charge in [0, 0.05) is 80.6 Å². The summed E-state index contributed by atoms with van der Waals surface area (Å²) in [6, 6.07) is 14.3. The fraction of sp³-hybridized carbons (Fsp3) is 0.474. The lowest BCUT2D eigenvalue weighted by molar-refractivity contribution is 0.0946. The highest BCUT2D eigenvalue weighted by Crippen LogP contribution is 2.36. The van der Waals surface area contributed by atoms with Crippen LogP contribution in [-0.2, 0) is 17.9 Å². The molecule has 0 bridgehead atoms. The first-order valence-electron chi connectivity index (χ1n) is 18.3. The minimum absolute atomic E-state index is 0.386. The van der Waals surface area contributed by atoms with Gasteiger partial charge in [-0.1, -0.05) is 0 Å². The Hall–Kier alpha value is -5.08. The molecule has 0 atom stereocenters. The van der Waals surface area contributed by atoms with E-state index >= 15 is 0 Å². The lowest BCUT2D eigenvalue weighted by Gasteiger charge is -2.42. The van der Waals surface area contributed by atoms with Crippen molar-refractivity contribution in [2.75, 3.05) is 75.0 Å². The Morgan fingerprint density at radius 2 is 1.83 bits per heavy atom. The molecular formula is C38H51N11O3. The van der Waals surface area contributed by atoms with E-state index in [0.717, 1.165) is 78.0 Å². The summed E-state index contributed by atoms with van der Waals surface area (Å²) in [6.07, 6.45) is 8.61. The summed E-state index contributed by atoms with van der Waals surface area (Å²) in [5.41, 5.74) is 3.85. The summed E-state index contributed by atoms with van der Waals surface area (Å²) in [4.78, 5) is 16.2. The van der Waals surface area contributed by atoms with E-state index in [1.807, 2.05) is 49.1 Å². The number of hydrogen-bond acceptors (Lipinski definition) is 12. The van der Waals surface area contributed by atoms with E-state index in [-0.39, 0.29) is 0 Å². The zero-order valence-electron chi connectivity index (χ0n) is 30.9. The first kappa shape index (κ1) is 35.3. The van der Waals surface area contributed by atoms with Gasteiger partial charge in [0.05, 0.1) is 38.1 Å². The van der Waals surface area contributed by atoms with Crippen molar-refractivity contribution in [1.82, 2.24) is 34.3 Å². The van der Waals surface area contributed by atoms with Gasteiger partial charge in [-0.2, -0.15) is 10.1 Å². The second-order valence-corrected chi connectivity index (χ2v) is 13.7. The van der Waals surface area contributed by atoms with E-state index < -0.39 is 0 Å². The third-order valence-electron chi connectivity index (χ3n) is 10.1. The van der Waals surface area contributed by atoms with E-state index in [2.05, 4.69) is 83.9 Å². The summed E-state index contributed by atoms with van der Waals surface area (Å²) in [7, 11) is 5.65. The molecule has 1 aromatic carbocycles. The zero-order valence-corrected chi connectivity index (χ0v) is 30.9. The van der Waals surface area contributed by atoms with Crippen LogP contribution < -0.4 is 30.4 Å². The van der Waals surface area contributed by atoms with Gasteiger partial charge in [-0.05, 0) is 82.8 Å². The van der Waals surface area contributed by atoms with Gasteiger partial charge in [0.15, 0.2) is 17.3 Å². The van der Waals surface area contributed by atoms with Crippen molar-refractivity contribution in [1.29, 1.82) is 0 Å². The molecule has 14 nitrogen and oxygen atoms in total. The van der Waals surface area contributed by atoms with Gasteiger partial charge in [-0.15, -0.1) is 0 Å². The predicted octanol–water partition coefficient (Wildman–Crippen LogP) is 5.93. The molecule has 14 heteroatoms. The molecule has 0 amide bonds. The molecule has 1 aliphatic heterocycles. The number of rotatable bonds is 17. The number of nitrogens with zero attached hydrogens (tertiary/aromatic N) is 8. The molecule has 2 aliphatic rings. The summed E-state index contributed by atoms with van der Waals surface area (Å²) < 4.78 is 22.2. The van der Waals surface area contributed by atoms with Crippen LogP contribution in [0.5, 0.6) is 11.5 Å². The van der Waals surface area contributed by atoms with Gasteiger partial charge in [0.2, 0.25) is 5.95 Å². The van der Waals surface area contributed by atoms with Crippen LogP contribution in [0.3, 0.4) is 0 Å². The summed E-state index contributed by atoms with van der Waals surface area (Å²) in [5, 5.41) is 18.0. The van der Waals surface area contributed by atoms with Gasteiger partial charge < -0.3 is 40.1 Å². The Labute approximate surface area is 305 Å². The second kappa shape index (κ2) is 16.1. The van der Waals surface area contributed by atoms with Crippen LogP contribution in [0.4, 0.5) is 29.1 Å². The van der Waals surface area contributed by atoms with E-state index in [0.29, 0.717) is 42.6 Å². The summed E-state index contributed by atoms with van der Waals surface area (Å²) in [6.45, 7) is 10.1.